The van der Waals surface area contributed by atoms with Crippen molar-refractivity contribution < 1.29 is 14.7 Å². The van der Waals surface area contributed by atoms with Crippen molar-refractivity contribution in [2.45, 2.75) is 65.0 Å². The number of benzene rings is 1. The molecule has 5 rings (SSSR count). The molecule has 4 aliphatic carbocycles. The molecule has 0 saturated heterocycles. The van der Waals surface area contributed by atoms with Crippen molar-refractivity contribution in [1.29, 1.82) is 0 Å². The van der Waals surface area contributed by atoms with Crippen LogP contribution in [0.5, 0.6) is 0 Å². The third-order valence-electron chi connectivity index (χ3n) is 7.13. The Hall–Kier alpha value is -1.88. The molecule has 1 aromatic rings. The summed E-state index contributed by atoms with van der Waals surface area (Å²) in [4.78, 5) is 26.3. The van der Waals surface area contributed by atoms with Crippen LogP contribution >= 0.6 is 0 Å². The van der Waals surface area contributed by atoms with Crippen LogP contribution in [0.15, 0.2) is 24.3 Å². The Morgan fingerprint density at radius 2 is 1.71 bits per heavy atom. The first-order valence-corrected chi connectivity index (χ1v) is 10.7. The second kappa shape index (κ2) is 7.51. The molecule has 4 bridgehead atoms. The first-order chi connectivity index (χ1) is 13.4. The first kappa shape index (κ1) is 19.4. The third kappa shape index (κ3) is 3.69. The van der Waals surface area contributed by atoms with E-state index in [2.05, 4.69) is 10.6 Å². The second-order valence-electron chi connectivity index (χ2n) is 9.74. The summed E-state index contributed by atoms with van der Waals surface area (Å²) in [6.45, 7) is 3.86. The summed E-state index contributed by atoms with van der Waals surface area (Å²) in [7, 11) is 0. The number of amides is 2. The number of anilines is 1. The molecule has 0 radical (unpaired) electrons. The number of carbonyl (C=O) groups excluding carboxylic acids is 2. The molecular weight excluding hydrogens is 352 g/mol. The van der Waals surface area contributed by atoms with Crippen LogP contribution in [0, 0.1) is 29.1 Å². The zero-order valence-electron chi connectivity index (χ0n) is 16.9. The van der Waals surface area contributed by atoms with Crippen molar-refractivity contribution in [2.75, 3.05) is 5.32 Å². The molecule has 1 aromatic carbocycles. The molecule has 0 aromatic heterocycles. The average molecular weight is 385 g/mol. The van der Waals surface area contributed by atoms with Crippen LogP contribution in [0.25, 0.3) is 0 Å². The predicted octanol–water partition coefficient (Wildman–Crippen LogP) is 3.47. The summed E-state index contributed by atoms with van der Waals surface area (Å²) < 4.78 is 0. The van der Waals surface area contributed by atoms with E-state index in [0.717, 1.165) is 24.8 Å². The summed E-state index contributed by atoms with van der Waals surface area (Å²) >= 11 is 0. The SMILES string of the molecule is CC(C)[C@@H](NC(=O)C12CC3CC(CC(C3)C1)C2)C(=O)Nc1cccc(CO)c1. The lowest BCUT2D eigenvalue weighted by atomic mass is 9.49. The van der Waals surface area contributed by atoms with E-state index >= 15 is 0 Å². The van der Waals surface area contributed by atoms with Gasteiger partial charge in [-0.25, -0.2) is 0 Å². The Balaban J connectivity index is 1.46. The van der Waals surface area contributed by atoms with Crippen molar-refractivity contribution >= 4 is 17.5 Å². The highest BCUT2D eigenvalue weighted by atomic mass is 16.3. The van der Waals surface area contributed by atoms with E-state index in [1.165, 1.54) is 19.3 Å². The van der Waals surface area contributed by atoms with Gasteiger partial charge in [-0.2, -0.15) is 0 Å². The number of carbonyl (C=O) groups is 2. The van der Waals surface area contributed by atoms with E-state index in [0.29, 0.717) is 23.4 Å². The minimum atomic E-state index is -0.557. The maximum atomic E-state index is 13.3. The standard InChI is InChI=1S/C23H32N2O3/c1-14(2)20(21(27)24-19-5-3-4-15(9-19)13-26)25-22(28)23-10-16-6-17(11-23)8-18(7-16)12-23/h3-5,9,14,16-18,20,26H,6-8,10-13H2,1-2H3,(H,24,27)(H,25,28)/t16?,17?,18?,20-,23?/m1/s1. The van der Waals surface area contributed by atoms with Crippen LogP contribution in [0.4, 0.5) is 5.69 Å². The van der Waals surface area contributed by atoms with Crippen LogP contribution in [-0.2, 0) is 16.2 Å². The van der Waals surface area contributed by atoms with Gasteiger partial charge in [-0.05, 0) is 79.9 Å². The van der Waals surface area contributed by atoms with Crippen LogP contribution in [0.3, 0.4) is 0 Å². The van der Waals surface area contributed by atoms with Gasteiger partial charge in [-0.15, -0.1) is 0 Å². The zero-order chi connectivity index (χ0) is 19.9. The van der Waals surface area contributed by atoms with Crippen LogP contribution in [0.2, 0.25) is 0 Å². The molecule has 1 atom stereocenters. The number of aliphatic hydroxyl groups excluding tert-OH is 1. The molecular formula is C23H32N2O3. The first-order valence-electron chi connectivity index (χ1n) is 10.7. The molecule has 0 heterocycles. The van der Waals surface area contributed by atoms with Gasteiger partial charge in [0, 0.05) is 11.1 Å². The molecule has 152 valence electrons. The van der Waals surface area contributed by atoms with Gasteiger partial charge >= 0.3 is 0 Å². The number of rotatable bonds is 6. The highest BCUT2D eigenvalue weighted by molar-refractivity contribution is 5.98. The topological polar surface area (TPSA) is 78.4 Å². The van der Waals surface area contributed by atoms with E-state index < -0.39 is 6.04 Å². The lowest BCUT2D eigenvalue weighted by Crippen LogP contribution is -2.57. The normalized spacial score (nSPS) is 31.6. The van der Waals surface area contributed by atoms with Crippen LogP contribution in [-0.4, -0.2) is 23.0 Å². The molecule has 3 N–H and O–H groups in total. The fourth-order valence-electron chi connectivity index (χ4n) is 6.19. The van der Waals surface area contributed by atoms with Gasteiger partial charge in [0.1, 0.15) is 6.04 Å². The highest BCUT2D eigenvalue weighted by Gasteiger charge is 2.55. The van der Waals surface area contributed by atoms with Gasteiger partial charge < -0.3 is 15.7 Å². The Labute approximate surface area is 167 Å². The Morgan fingerprint density at radius 1 is 1.11 bits per heavy atom. The van der Waals surface area contributed by atoms with Crippen molar-refractivity contribution in [3.05, 3.63) is 29.8 Å². The van der Waals surface area contributed by atoms with Crippen LogP contribution < -0.4 is 10.6 Å². The molecule has 4 aliphatic rings. The molecule has 5 nitrogen and oxygen atoms in total. The monoisotopic (exact) mass is 384 g/mol. The average Bonchev–Trinajstić information content (AvgIpc) is 2.64. The Bertz CT molecular complexity index is 723. The van der Waals surface area contributed by atoms with Crippen molar-refractivity contribution in [3.8, 4) is 0 Å². The molecule has 4 saturated carbocycles. The van der Waals surface area contributed by atoms with E-state index in [1.807, 2.05) is 19.9 Å². The molecule has 5 heteroatoms. The smallest absolute Gasteiger partial charge is 0.247 e. The second-order valence-corrected chi connectivity index (χ2v) is 9.74. The highest BCUT2D eigenvalue weighted by Crippen LogP contribution is 2.60. The number of nitrogens with one attached hydrogen (secondary N) is 2. The predicted molar refractivity (Wildman–Crippen MR) is 108 cm³/mol. The van der Waals surface area contributed by atoms with Crippen molar-refractivity contribution in [3.63, 3.8) is 0 Å². The maximum Gasteiger partial charge on any atom is 0.247 e. The lowest BCUT2D eigenvalue weighted by Gasteiger charge is -2.55. The molecule has 28 heavy (non-hydrogen) atoms. The fourth-order valence-corrected chi connectivity index (χ4v) is 6.19. The quantitative estimate of drug-likeness (QED) is 0.703. The van der Waals surface area contributed by atoms with Crippen LogP contribution in [0.1, 0.15) is 57.9 Å². The molecule has 0 spiro atoms. The fraction of sp³-hybridized carbons (Fsp3) is 0.652. The molecule has 4 fully saturated rings. The minimum Gasteiger partial charge on any atom is -0.392 e. The number of hydrogen-bond donors (Lipinski definition) is 3. The number of hydrogen-bond acceptors (Lipinski definition) is 3. The van der Waals surface area contributed by atoms with Gasteiger partial charge in [-0.3, -0.25) is 9.59 Å². The molecule has 2 amide bonds. The van der Waals surface area contributed by atoms with Gasteiger partial charge in [0.15, 0.2) is 0 Å². The Kier molecular flexibility index (Phi) is 5.21. The van der Waals surface area contributed by atoms with Crippen molar-refractivity contribution in [2.24, 2.45) is 29.1 Å². The summed E-state index contributed by atoms with van der Waals surface area (Å²) in [6.07, 6.45) is 6.87. The van der Waals surface area contributed by atoms with E-state index in [1.54, 1.807) is 18.2 Å². The van der Waals surface area contributed by atoms with Gasteiger partial charge in [0.2, 0.25) is 11.8 Å². The summed E-state index contributed by atoms with van der Waals surface area (Å²) in [6, 6.07) is 6.62. The van der Waals surface area contributed by atoms with E-state index in [-0.39, 0.29) is 29.8 Å². The number of aliphatic hydroxyl groups is 1. The summed E-state index contributed by atoms with van der Waals surface area (Å²) in [5, 5.41) is 15.3. The van der Waals surface area contributed by atoms with Gasteiger partial charge in [-0.1, -0.05) is 26.0 Å². The third-order valence-corrected chi connectivity index (χ3v) is 7.13. The lowest BCUT2D eigenvalue weighted by molar-refractivity contribution is -0.148. The molecule has 0 aliphatic heterocycles. The Morgan fingerprint density at radius 3 is 2.25 bits per heavy atom. The minimum absolute atomic E-state index is 0.00103. The maximum absolute atomic E-state index is 13.3. The summed E-state index contributed by atoms with van der Waals surface area (Å²) in [5.74, 6) is 1.99. The zero-order valence-corrected chi connectivity index (χ0v) is 16.9. The van der Waals surface area contributed by atoms with Gasteiger partial charge in [0.05, 0.1) is 6.61 Å². The van der Waals surface area contributed by atoms with E-state index in [4.69, 9.17) is 0 Å². The van der Waals surface area contributed by atoms with Gasteiger partial charge in [0.25, 0.3) is 0 Å². The summed E-state index contributed by atoms with van der Waals surface area (Å²) in [5.41, 5.74) is 1.14. The molecule has 0 unspecified atom stereocenters. The van der Waals surface area contributed by atoms with Crippen molar-refractivity contribution in [1.82, 2.24) is 5.32 Å². The van der Waals surface area contributed by atoms with E-state index in [9.17, 15) is 14.7 Å². The largest absolute Gasteiger partial charge is 0.392 e.